The number of aliphatic carboxylic acids is 1. The van der Waals surface area contributed by atoms with E-state index >= 15 is 0 Å². The maximum atomic E-state index is 13.9. The van der Waals surface area contributed by atoms with Gasteiger partial charge in [0.05, 0.1) is 0 Å². The highest BCUT2D eigenvalue weighted by molar-refractivity contribution is 5.69. The molecule has 154 valence electrons. The average molecular weight is 404 g/mol. The van der Waals surface area contributed by atoms with E-state index in [-0.39, 0.29) is 18.8 Å². The number of aryl methyl sites for hydroxylation is 3. The summed E-state index contributed by atoms with van der Waals surface area (Å²) in [5.74, 6) is -0.336. The number of fused-ring (bicyclic) bond motifs is 1. The average Bonchev–Trinajstić information content (AvgIpc) is 3.21. The van der Waals surface area contributed by atoms with Gasteiger partial charge in [0.1, 0.15) is 18.2 Å². The molecule has 0 atom stereocenters. The molecule has 0 unspecified atom stereocenters. The van der Waals surface area contributed by atoms with Gasteiger partial charge < -0.3 is 9.84 Å². The summed E-state index contributed by atoms with van der Waals surface area (Å²) in [4.78, 5) is 10.6. The van der Waals surface area contributed by atoms with E-state index in [4.69, 9.17) is 9.84 Å². The zero-order valence-corrected chi connectivity index (χ0v) is 16.9. The van der Waals surface area contributed by atoms with Crippen LogP contribution in [0.15, 0.2) is 60.7 Å². The van der Waals surface area contributed by atoms with Gasteiger partial charge in [0.25, 0.3) is 0 Å². The van der Waals surface area contributed by atoms with Crippen LogP contribution in [0.3, 0.4) is 0 Å². The smallest absolute Gasteiger partial charge is 0.303 e. The molecule has 0 fully saturated rings. The Hall–Kier alpha value is -3.14. The van der Waals surface area contributed by atoms with Crippen molar-refractivity contribution in [2.75, 3.05) is 0 Å². The molecule has 0 aromatic heterocycles. The van der Waals surface area contributed by atoms with Gasteiger partial charge in [-0.1, -0.05) is 36.4 Å². The van der Waals surface area contributed by atoms with E-state index in [0.29, 0.717) is 12.2 Å². The monoisotopic (exact) mass is 404 g/mol. The molecule has 0 heterocycles. The summed E-state index contributed by atoms with van der Waals surface area (Å²) in [6.45, 7) is 0.280. The first-order valence-corrected chi connectivity index (χ1v) is 10.4. The summed E-state index contributed by atoms with van der Waals surface area (Å²) < 4.78 is 19.9. The molecule has 0 saturated heterocycles. The number of halogens is 1. The summed E-state index contributed by atoms with van der Waals surface area (Å²) in [5.41, 5.74) is 6.80. The van der Waals surface area contributed by atoms with Crippen LogP contribution in [0.2, 0.25) is 0 Å². The van der Waals surface area contributed by atoms with Crippen LogP contribution in [0.25, 0.3) is 11.1 Å². The van der Waals surface area contributed by atoms with Gasteiger partial charge in [-0.15, -0.1) is 0 Å². The van der Waals surface area contributed by atoms with Crippen LogP contribution in [0.5, 0.6) is 5.75 Å². The highest BCUT2D eigenvalue weighted by Gasteiger charge is 2.14. The maximum Gasteiger partial charge on any atom is 0.303 e. The number of carboxylic acid groups (broad SMARTS) is 1. The lowest BCUT2D eigenvalue weighted by Gasteiger charge is -2.13. The first kappa shape index (κ1) is 20.1. The predicted molar refractivity (Wildman–Crippen MR) is 115 cm³/mol. The highest BCUT2D eigenvalue weighted by Crippen LogP contribution is 2.31. The number of hydrogen-bond donors (Lipinski definition) is 1. The third kappa shape index (κ3) is 4.88. The van der Waals surface area contributed by atoms with Gasteiger partial charge >= 0.3 is 5.97 Å². The van der Waals surface area contributed by atoms with Crippen LogP contribution in [0.4, 0.5) is 4.39 Å². The fraction of sp³-hybridized carbons (Fsp3) is 0.269. The van der Waals surface area contributed by atoms with Gasteiger partial charge in [-0.3, -0.25) is 4.79 Å². The van der Waals surface area contributed by atoms with Gasteiger partial charge in [-0.25, -0.2) is 4.39 Å². The summed E-state index contributed by atoms with van der Waals surface area (Å²) >= 11 is 0. The van der Waals surface area contributed by atoms with E-state index in [2.05, 4.69) is 18.2 Å². The lowest BCUT2D eigenvalue weighted by Crippen LogP contribution is -2.00. The Balaban J connectivity index is 1.46. The summed E-state index contributed by atoms with van der Waals surface area (Å²) in [5, 5.41) is 8.74. The van der Waals surface area contributed by atoms with Crippen LogP contribution < -0.4 is 4.74 Å². The van der Waals surface area contributed by atoms with Crippen LogP contribution in [0, 0.1) is 5.82 Å². The van der Waals surface area contributed by atoms with Crippen molar-refractivity contribution in [3.63, 3.8) is 0 Å². The minimum absolute atomic E-state index is 0.170. The Morgan fingerprint density at radius 1 is 0.967 bits per heavy atom. The normalized spacial score (nSPS) is 12.6. The third-order valence-electron chi connectivity index (χ3n) is 5.65. The molecule has 1 N–H and O–H groups in total. The summed E-state index contributed by atoms with van der Waals surface area (Å²) in [6.07, 6.45) is 4.95. The van der Waals surface area contributed by atoms with Crippen molar-refractivity contribution in [3.8, 4) is 16.9 Å². The molecule has 0 radical (unpaired) electrons. The first-order valence-electron chi connectivity index (χ1n) is 10.4. The molecule has 3 aromatic carbocycles. The maximum absolute atomic E-state index is 13.9. The summed E-state index contributed by atoms with van der Waals surface area (Å²) in [6, 6.07) is 19.1. The molecule has 0 aliphatic heterocycles. The lowest BCUT2D eigenvalue weighted by molar-refractivity contribution is -0.137. The van der Waals surface area contributed by atoms with Crippen molar-refractivity contribution in [1.29, 1.82) is 0 Å². The van der Waals surface area contributed by atoms with E-state index in [0.717, 1.165) is 41.5 Å². The molecule has 0 spiro atoms. The van der Waals surface area contributed by atoms with Crippen LogP contribution in [-0.2, 0) is 30.7 Å². The van der Waals surface area contributed by atoms with E-state index in [1.807, 2.05) is 30.3 Å². The molecule has 1 aliphatic rings. The second kappa shape index (κ2) is 9.12. The van der Waals surface area contributed by atoms with E-state index in [9.17, 15) is 9.18 Å². The van der Waals surface area contributed by atoms with Crippen molar-refractivity contribution in [3.05, 3.63) is 88.7 Å². The van der Waals surface area contributed by atoms with Crippen LogP contribution in [0.1, 0.15) is 41.5 Å². The Morgan fingerprint density at radius 3 is 2.57 bits per heavy atom. The molecule has 4 rings (SSSR count). The quantitative estimate of drug-likeness (QED) is 0.503. The minimum atomic E-state index is -0.774. The van der Waals surface area contributed by atoms with E-state index in [1.165, 1.54) is 23.6 Å². The topological polar surface area (TPSA) is 46.5 Å². The van der Waals surface area contributed by atoms with E-state index < -0.39 is 5.97 Å². The largest absolute Gasteiger partial charge is 0.489 e. The standard InChI is InChI=1S/C26H25FO3/c27-23-11-14-25(21-10-9-19-4-2-5-20(19)15-21)22(16-23)17-30-24-12-7-18(8-13-24)3-1-6-26(28)29/h7-16H,1-6,17H2,(H,28,29). The lowest BCUT2D eigenvalue weighted by atomic mass is 9.96. The minimum Gasteiger partial charge on any atom is -0.489 e. The Labute approximate surface area is 176 Å². The van der Waals surface area contributed by atoms with Gasteiger partial charge in [-0.2, -0.15) is 0 Å². The van der Waals surface area contributed by atoms with Crippen molar-refractivity contribution in [2.24, 2.45) is 0 Å². The second-order valence-electron chi connectivity index (χ2n) is 7.82. The number of ether oxygens (including phenoxy) is 1. The van der Waals surface area contributed by atoms with Crippen molar-refractivity contribution < 1.29 is 19.0 Å². The molecular formula is C26H25FO3. The zero-order valence-electron chi connectivity index (χ0n) is 16.9. The van der Waals surface area contributed by atoms with Crippen molar-refractivity contribution in [1.82, 2.24) is 0 Å². The highest BCUT2D eigenvalue weighted by atomic mass is 19.1. The molecule has 0 saturated carbocycles. The van der Waals surface area contributed by atoms with Crippen LogP contribution >= 0.6 is 0 Å². The third-order valence-corrected chi connectivity index (χ3v) is 5.65. The second-order valence-corrected chi connectivity index (χ2v) is 7.82. The van der Waals surface area contributed by atoms with Crippen molar-refractivity contribution in [2.45, 2.75) is 45.1 Å². The number of carboxylic acids is 1. The Bertz CT molecular complexity index is 1040. The molecule has 3 aromatic rings. The Morgan fingerprint density at radius 2 is 1.77 bits per heavy atom. The predicted octanol–water partition coefficient (Wildman–Crippen LogP) is 5.97. The molecule has 4 heteroatoms. The van der Waals surface area contributed by atoms with Crippen LogP contribution in [-0.4, -0.2) is 11.1 Å². The van der Waals surface area contributed by atoms with Gasteiger partial charge in [0, 0.05) is 6.42 Å². The molecular weight excluding hydrogens is 379 g/mol. The number of benzene rings is 3. The Kier molecular flexibility index (Phi) is 6.12. The SMILES string of the molecule is O=C(O)CCCc1ccc(OCc2cc(F)ccc2-c2ccc3c(c2)CCC3)cc1. The van der Waals surface area contributed by atoms with Gasteiger partial charge in [0.15, 0.2) is 0 Å². The first-order chi connectivity index (χ1) is 14.6. The fourth-order valence-electron chi connectivity index (χ4n) is 4.06. The summed E-state index contributed by atoms with van der Waals surface area (Å²) in [7, 11) is 0. The number of hydrogen-bond acceptors (Lipinski definition) is 2. The molecule has 30 heavy (non-hydrogen) atoms. The number of carbonyl (C=O) groups is 1. The van der Waals surface area contributed by atoms with Gasteiger partial charge in [-0.05, 0) is 89.8 Å². The molecule has 3 nitrogen and oxygen atoms in total. The van der Waals surface area contributed by atoms with Crippen molar-refractivity contribution >= 4 is 5.97 Å². The fourth-order valence-corrected chi connectivity index (χ4v) is 4.06. The molecule has 0 bridgehead atoms. The van der Waals surface area contributed by atoms with Gasteiger partial charge in [0.2, 0.25) is 0 Å². The molecule has 1 aliphatic carbocycles. The molecule has 0 amide bonds. The number of rotatable bonds is 8. The van der Waals surface area contributed by atoms with E-state index in [1.54, 1.807) is 6.07 Å². The zero-order chi connectivity index (χ0) is 20.9.